The monoisotopic (exact) mass is 391 g/mol. The molecule has 0 fully saturated rings. The molecule has 1 aliphatic rings. The summed E-state index contributed by atoms with van der Waals surface area (Å²) in [5, 5.41) is 2.82. The minimum absolute atomic E-state index is 0.0240. The summed E-state index contributed by atoms with van der Waals surface area (Å²) in [5.41, 5.74) is 10.5. The molecule has 1 amide bonds. The molecule has 3 aromatic rings. The zero-order chi connectivity index (χ0) is 20.5. The molecule has 0 saturated carbocycles. The molecule has 0 bridgehead atoms. The Balaban J connectivity index is 1.78. The van der Waals surface area contributed by atoms with Gasteiger partial charge in [0.25, 0.3) is 5.91 Å². The van der Waals surface area contributed by atoms with Gasteiger partial charge in [-0.25, -0.2) is 4.98 Å². The number of benzene rings is 2. The van der Waals surface area contributed by atoms with Crippen molar-refractivity contribution >= 4 is 11.7 Å². The van der Waals surface area contributed by atoms with Crippen molar-refractivity contribution in [3.05, 3.63) is 65.1 Å². The maximum absolute atomic E-state index is 14.6. The van der Waals surface area contributed by atoms with Crippen molar-refractivity contribution in [3.8, 4) is 22.5 Å². The average Bonchev–Trinajstić information content (AvgIpc) is 2.68. The molecule has 0 aliphatic carbocycles. The molecule has 29 heavy (non-hydrogen) atoms. The normalized spacial score (nSPS) is 13.3. The van der Waals surface area contributed by atoms with Crippen LogP contribution in [0.2, 0.25) is 0 Å². The number of rotatable bonds is 4. The minimum atomic E-state index is -0.703. The lowest BCUT2D eigenvalue weighted by atomic mass is 9.96. The van der Waals surface area contributed by atoms with Crippen LogP contribution in [0.15, 0.2) is 42.5 Å². The number of halogens is 1. The van der Waals surface area contributed by atoms with E-state index >= 15 is 0 Å². The molecular weight excluding hydrogens is 369 g/mol. The molecule has 0 unspecified atom stereocenters. The van der Waals surface area contributed by atoms with Crippen LogP contribution in [0.4, 0.5) is 10.2 Å². The molecule has 4 rings (SSSR count). The zero-order valence-electron chi connectivity index (χ0n) is 16.4. The Morgan fingerprint density at radius 1 is 1.10 bits per heavy atom. The van der Waals surface area contributed by atoms with Gasteiger partial charge in [0.05, 0.1) is 0 Å². The van der Waals surface area contributed by atoms with E-state index in [-0.39, 0.29) is 17.4 Å². The predicted octanol–water partition coefficient (Wildman–Crippen LogP) is 2.88. The third-order valence-corrected chi connectivity index (χ3v) is 4.88. The molecule has 0 saturated heterocycles. The van der Waals surface area contributed by atoms with Crippen LogP contribution >= 0.6 is 0 Å². The van der Waals surface area contributed by atoms with Crippen LogP contribution in [0.1, 0.15) is 21.5 Å². The SMILES string of the molecule is CN(C)Cc1cccc(-c2nc(-c3ccc4c(c3)CCNC4=O)c(N)nc2F)c1. The van der Waals surface area contributed by atoms with Crippen molar-refractivity contribution in [3.63, 3.8) is 0 Å². The fourth-order valence-electron chi connectivity index (χ4n) is 3.58. The van der Waals surface area contributed by atoms with Crippen molar-refractivity contribution in [2.45, 2.75) is 13.0 Å². The Hall–Kier alpha value is -3.32. The van der Waals surface area contributed by atoms with Gasteiger partial charge in [0.15, 0.2) is 5.82 Å². The molecule has 0 radical (unpaired) electrons. The highest BCUT2D eigenvalue weighted by molar-refractivity contribution is 5.97. The number of aromatic nitrogens is 2. The van der Waals surface area contributed by atoms with E-state index in [1.54, 1.807) is 12.1 Å². The van der Waals surface area contributed by atoms with Crippen molar-refractivity contribution in [1.29, 1.82) is 0 Å². The van der Waals surface area contributed by atoms with Crippen molar-refractivity contribution in [2.75, 3.05) is 26.4 Å². The third-order valence-electron chi connectivity index (χ3n) is 4.88. The Kier molecular flexibility index (Phi) is 4.98. The number of anilines is 1. The van der Waals surface area contributed by atoms with Crippen LogP contribution in [-0.2, 0) is 13.0 Å². The number of nitrogens with two attached hydrogens (primary N) is 1. The van der Waals surface area contributed by atoms with Crippen molar-refractivity contribution in [2.24, 2.45) is 0 Å². The van der Waals surface area contributed by atoms with Crippen molar-refractivity contribution < 1.29 is 9.18 Å². The fourth-order valence-corrected chi connectivity index (χ4v) is 3.58. The van der Waals surface area contributed by atoms with Crippen molar-refractivity contribution in [1.82, 2.24) is 20.2 Å². The predicted molar refractivity (Wildman–Crippen MR) is 111 cm³/mol. The minimum Gasteiger partial charge on any atom is -0.382 e. The second-order valence-electron chi connectivity index (χ2n) is 7.41. The molecule has 0 atom stereocenters. The van der Waals surface area contributed by atoms with Gasteiger partial charge in [-0.3, -0.25) is 4.79 Å². The van der Waals surface area contributed by atoms with Crippen LogP contribution in [0, 0.1) is 5.95 Å². The number of amides is 1. The highest BCUT2D eigenvalue weighted by atomic mass is 19.1. The molecule has 2 aromatic carbocycles. The van der Waals surface area contributed by atoms with Gasteiger partial charge < -0.3 is 16.0 Å². The number of nitrogens with zero attached hydrogens (tertiary/aromatic N) is 3. The second-order valence-corrected chi connectivity index (χ2v) is 7.41. The maximum Gasteiger partial charge on any atom is 0.251 e. The number of fused-ring (bicyclic) bond motifs is 1. The summed E-state index contributed by atoms with van der Waals surface area (Å²) in [6.07, 6.45) is 0.725. The Morgan fingerprint density at radius 2 is 1.90 bits per heavy atom. The summed E-state index contributed by atoms with van der Waals surface area (Å²) >= 11 is 0. The summed E-state index contributed by atoms with van der Waals surface area (Å²) in [6, 6.07) is 13.0. The summed E-state index contributed by atoms with van der Waals surface area (Å²) in [4.78, 5) is 22.4. The van der Waals surface area contributed by atoms with Crippen LogP contribution in [0.3, 0.4) is 0 Å². The van der Waals surface area contributed by atoms with Gasteiger partial charge in [0.2, 0.25) is 5.95 Å². The lowest BCUT2D eigenvalue weighted by molar-refractivity contribution is 0.0946. The van der Waals surface area contributed by atoms with Gasteiger partial charge in [0, 0.05) is 29.8 Å². The number of nitrogens with one attached hydrogen (secondary N) is 1. The van der Waals surface area contributed by atoms with Gasteiger partial charge in [-0.05, 0) is 49.8 Å². The first-order valence-corrected chi connectivity index (χ1v) is 9.41. The second kappa shape index (κ2) is 7.60. The molecule has 0 spiro atoms. The van der Waals surface area contributed by atoms with Crippen LogP contribution < -0.4 is 11.1 Å². The largest absolute Gasteiger partial charge is 0.382 e. The van der Waals surface area contributed by atoms with E-state index in [2.05, 4.69) is 15.3 Å². The highest BCUT2D eigenvalue weighted by Crippen LogP contribution is 2.30. The summed E-state index contributed by atoms with van der Waals surface area (Å²) in [5.74, 6) is -0.768. The molecule has 2 heterocycles. The van der Waals surface area contributed by atoms with Gasteiger partial charge in [-0.15, -0.1) is 0 Å². The number of hydrogen-bond donors (Lipinski definition) is 2. The van der Waals surface area contributed by atoms with E-state index < -0.39 is 5.95 Å². The Bertz CT molecular complexity index is 1100. The molecule has 1 aliphatic heterocycles. The average molecular weight is 391 g/mol. The lowest BCUT2D eigenvalue weighted by Gasteiger charge is -2.17. The van der Waals surface area contributed by atoms with E-state index in [1.165, 1.54) is 0 Å². The first kappa shape index (κ1) is 19.0. The first-order chi connectivity index (χ1) is 13.9. The number of carbonyl (C=O) groups excluding carboxylic acids is 1. The molecule has 7 heteroatoms. The number of nitrogen functional groups attached to an aromatic ring is 1. The van der Waals surface area contributed by atoms with Crippen LogP contribution in [0.5, 0.6) is 0 Å². The van der Waals surface area contributed by atoms with E-state index in [4.69, 9.17) is 5.73 Å². The number of hydrogen-bond acceptors (Lipinski definition) is 5. The van der Waals surface area contributed by atoms with Crippen LogP contribution in [-0.4, -0.2) is 41.4 Å². The van der Waals surface area contributed by atoms with Gasteiger partial charge in [-0.1, -0.05) is 24.3 Å². The smallest absolute Gasteiger partial charge is 0.251 e. The van der Waals surface area contributed by atoms with Gasteiger partial charge in [0.1, 0.15) is 11.4 Å². The fraction of sp³-hybridized carbons (Fsp3) is 0.227. The molecule has 6 nitrogen and oxygen atoms in total. The maximum atomic E-state index is 14.6. The van der Waals surface area contributed by atoms with Crippen LogP contribution in [0.25, 0.3) is 22.5 Å². The summed E-state index contributed by atoms with van der Waals surface area (Å²) in [6.45, 7) is 1.32. The summed E-state index contributed by atoms with van der Waals surface area (Å²) in [7, 11) is 3.95. The third kappa shape index (κ3) is 3.82. The number of carbonyl (C=O) groups is 1. The zero-order valence-corrected chi connectivity index (χ0v) is 16.4. The topological polar surface area (TPSA) is 84.1 Å². The highest BCUT2D eigenvalue weighted by Gasteiger charge is 2.20. The lowest BCUT2D eigenvalue weighted by Crippen LogP contribution is -2.31. The quantitative estimate of drug-likeness (QED) is 0.714. The summed E-state index contributed by atoms with van der Waals surface area (Å²) < 4.78 is 14.6. The standard InChI is InChI=1S/C22H22FN5O/c1-28(2)12-13-4-3-5-15(10-13)18-20(23)27-21(24)19(26-18)16-6-7-17-14(11-16)8-9-25-22(17)29/h3-7,10-11H,8-9,12H2,1-2H3,(H2,24,27)(H,25,29). The van der Waals surface area contributed by atoms with E-state index in [9.17, 15) is 9.18 Å². The van der Waals surface area contributed by atoms with E-state index in [0.29, 0.717) is 28.9 Å². The van der Waals surface area contributed by atoms with Gasteiger partial charge >= 0.3 is 0 Å². The molecular formula is C22H22FN5O. The molecule has 1 aromatic heterocycles. The molecule has 3 N–H and O–H groups in total. The molecule has 148 valence electrons. The Labute approximate surface area is 168 Å². The van der Waals surface area contributed by atoms with E-state index in [1.807, 2.05) is 49.3 Å². The first-order valence-electron chi connectivity index (χ1n) is 9.41. The van der Waals surface area contributed by atoms with E-state index in [0.717, 1.165) is 24.1 Å². The van der Waals surface area contributed by atoms with Gasteiger partial charge in [-0.2, -0.15) is 9.37 Å². The Morgan fingerprint density at radius 3 is 2.69 bits per heavy atom.